The summed E-state index contributed by atoms with van der Waals surface area (Å²) in [6.45, 7) is 9.22. The summed E-state index contributed by atoms with van der Waals surface area (Å²) in [5.41, 5.74) is 2.63. The number of rotatable bonds is 3. The van der Waals surface area contributed by atoms with E-state index >= 15 is 0 Å². The third kappa shape index (κ3) is 3.22. The summed E-state index contributed by atoms with van der Waals surface area (Å²) >= 11 is 0. The van der Waals surface area contributed by atoms with E-state index in [0.29, 0.717) is 22.8 Å². The van der Waals surface area contributed by atoms with Crippen molar-refractivity contribution < 1.29 is 4.79 Å². The molecule has 8 atom stereocenters. The Morgan fingerprint density at radius 1 is 1.07 bits per heavy atom. The molecule has 0 aliphatic heterocycles. The maximum Gasteiger partial charge on any atom is 0.219 e. The van der Waals surface area contributed by atoms with Gasteiger partial charge in [-0.1, -0.05) is 25.5 Å². The van der Waals surface area contributed by atoms with Crippen LogP contribution in [0.3, 0.4) is 0 Å². The largest absolute Gasteiger partial charge is 0.343 e. The minimum absolute atomic E-state index is 0.216. The van der Waals surface area contributed by atoms with Crippen molar-refractivity contribution in [1.82, 2.24) is 9.80 Å². The molecule has 4 aliphatic rings. The summed E-state index contributed by atoms with van der Waals surface area (Å²) in [5, 5.41) is 0. The normalized spacial score (nSPS) is 45.1. The van der Waals surface area contributed by atoms with Crippen molar-refractivity contribution in [1.29, 1.82) is 0 Å². The fraction of sp³-hybridized carbons (Fsp3) is 0.885. The van der Waals surface area contributed by atoms with E-state index < -0.39 is 0 Å². The van der Waals surface area contributed by atoms with Crippen molar-refractivity contribution >= 4 is 5.91 Å². The fourth-order valence-electron chi connectivity index (χ4n) is 8.47. The number of allylic oxidation sites excluding steroid dienone is 1. The van der Waals surface area contributed by atoms with Gasteiger partial charge in [0.1, 0.15) is 0 Å². The molecule has 0 unspecified atom stereocenters. The highest BCUT2D eigenvalue weighted by Gasteiger charge is 2.59. The molecule has 3 saturated carbocycles. The number of fused-ring (bicyclic) bond motifs is 5. The molecule has 0 spiro atoms. The molecule has 0 aromatic heterocycles. The van der Waals surface area contributed by atoms with Crippen molar-refractivity contribution in [2.24, 2.45) is 34.5 Å². The van der Waals surface area contributed by atoms with Gasteiger partial charge in [0.25, 0.3) is 0 Å². The lowest BCUT2D eigenvalue weighted by molar-refractivity contribution is -0.132. The summed E-state index contributed by atoms with van der Waals surface area (Å²) in [7, 11) is 6.52. The van der Waals surface area contributed by atoms with Crippen LogP contribution in [0.15, 0.2) is 11.6 Å². The molecule has 4 aliphatic carbocycles. The number of carbonyl (C=O) groups excluding carboxylic acids is 1. The van der Waals surface area contributed by atoms with Gasteiger partial charge >= 0.3 is 0 Å². The van der Waals surface area contributed by atoms with E-state index in [1.807, 2.05) is 11.9 Å². The first-order valence-electron chi connectivity index (χ1n) is 12.2. The maximum absolute atomic E-state index is 12.0. The van der Waals surface area contributed by atoms with Crippen LogP contribution in [0.1, 0.15) is 79.1 Å². The van der Waals surface area contributed by atoms with Crippen molar-refractivity contribution in [3.8, 4) is 0 Å². The fourth-order valence-corrected chi connectivity index (χ4v) is 8.47. The van der Waals surface area contributed by atoms with Gasteiger partial charge < -0.3 is 9.80 Å². The van der Waals surface area contributed by atoms with Gasteiger partial charge in [-0.25, -0.2) is 0 Å². The molecule has 3 nitrogen and oxygen atoms in total. The number of carbonyl (C=O) groups is 1. The first-order valence-corrected chi connectivity index (χ1v) is 12.2. The van der Waals surface area contributed by atoms with Crippen LogP contribution >= 0.6 is 0 Å². The Morgan fingerprint density at radius 3 is 2.45 bits per heavy atom. The van der Waals surface area contributed by atoms with Crippen LogP contribution in [0.5, 0.6) is 0 Å². The average Bonchev–Trinajstić information content (AvgIpc) is 3.03. The molecule has 3 fully saturated rings. The van der Waals surface area contributed by atoms with E-state index in [4.69, 9.17) is 0 Å². The van der Waals surface area contributed by atoms with Crippen LogP contribution in [0.4, 0.5) is 0 Å². The van der Waals surface area contributed by atoms with Gasteiger partial charge in [0.05, 0.1) is 0 Å². The number of amides is 1. The highest BCUT2D eigenvalue weighted by atomic mass is 16.2. The molecule has 0 aromatic rings. The first kappa shape index (κ1) is 21.4. The minimum Gasteiger partial charge on any atom is -0.343 e. The zero-order chi connectivity index (χ0) is 21.1. The molecule has 1 amide bonds. The van der Waals surface area contributed by atoms with Gasteiger partial charge in [-0.15, -0.1) is 0 Å². The SMILES string of the molecule is CC(=O)N(C)[C@H](C)[C@@H]1CC[C@@H]2[C@H]3CC=C4C[C@@H](N(C)C)CC[C@@]4(C)[C@@H]3CC[C@@]21C. The van der Waals surface area contributed by atoms with E-state index in [2.05, 4.69) is 45.8 Å². The monoisotopic (exact) mass is 400 g/mol. The second kappa shape index (κ2) is 7.39. The topological polar surface area (TPSA) is 23.6 Å². The Kier molecular flexibility index (Phi) is 5.46. The van der Waals surface area contributed by atoms with E-state index in [9.17, 15) is 4.79 Å². The van der Waals surface area contributed by atoms with Gasteiger partial charge in [0, 0.05) is 26.1 Å². The predicted octanol–water partition coefficient (Wildman–Crippen LogP) is 5.36. The molecular formula is C26H44N2O. The van der Waals surface area contributed by atoms with E-state index in [0.717, 1.165) is 23.8 Å². The lowest BCUT2D eigenvalue weighted by atomic mass is 9.47. The van der Waals surface area contributed by atoms with Crippen molar-refractivity contribution in [3.05, 3.63) is 11.6 Å². The highest BCUT2D eigenvalue weighted by molar-refractivity contribution is 5.73. The van der Waals surface area contributed by atoms with Crippen molar-refractivity contribution in [2.45, 2.75) is 91.1 Å². The molecule has 0 aromatic carbocycles. The number of nitrogens with zero attached hydrogens (tertiary/aromatic N) is 2. The summed E-state index contributed by atoms with van der Waals surface area (Å²) in [4.78, 5) is 16.5. The van der Waals surface area contributed by atoms with Crippen LogP contribution in [-0.2, 0) is 4.79 Å². The molecule has 0 radical (unpaired) electrons. The van der Waals surface area contributed by atoms with Gasteiger partial charge in [-0.2, -0.15) is 0 Å². The smallest absolute Gasteiger partial charge is 0.219 e. The van der Waals surface area contributed by atoms with Crippen LogP contribution < -0.4 is 0 Å². The standard InChI is InChI=1S/C26H44N2O/c1-17(28(7)18(2)29)22-10-11-23-21-9-8-19-16-20(27(5)6)12-14-25(19,3)24(21)13-15-26(22,23)4/h8,17,20-24H,9-16H2,1-7H3/t17-,20+,21-,22+,23-,24-,25-,26-/m1/s1. The quantitative estimate of drug-likeness (QED) is 0.595. The van der Waals surface area contributed by atoms with Crippen LogP contribution in [0.2, 0.25) is 0 Å². The van der Waals surface area contributed by atoms with Crippen LogP contribution in [-0.4, -0.2) is 48.9 Å². The zero-order valence-corrected chi connectivity index (χ0v) is 20.0. The summed E-state index contributed by atoms with van der Waals surface area (Å²) < 4.78 is 0. The molecule has 164 valence electrons. The maximum atomic E-state index is 12.0. The third-order valence-electron chi connectivity index (χ3n) is 10.6. The van der Waals surface area contributed by atoms with Crippen molar-refractivity contribution in [2.75, 3.05) is 21.1 Å². The summed E-state index contributed by atoms with van der Waals surface area (Å²) in [6, 6.07) is 1.10. The highest BCUT2D eigenvalue weighted by Crippen LogP contribution is 2.66. The van der Waals surface area contributed by atoms with E-state index in [-0.39, 0.29) is 5.91 Å². The Hall–Kier alpha value is -0.830. The van der Waals surface area contributed by atoms with E-state index in [1.54, 1.807) is 12.5 Å². The predicted molar refractivity (Wildman–Crippen MR) is 121 cm³/mol. The second-order valence-corrected chi connectivity index (χ2v) is 11.7. The molecule has 0 heterocycles. The van der Waals surface area contributed by atoms with Crippen molar-refractivity contribution in [3.63, 3.8) is 0 Å². The zero-order valence-electron chi connectivity index (χ0n) is 20.0. The summed E-state index contributed by atoms with van der Waals surface area (Å²) in [6.07, 6.45) is 13.4. The Balaban J connectivity index is 1.57. The lowest BCUT2D eigenvalue weighted by Crippen LogP contribution is -2.53. The van der Waals surface area contributed by atoms with Crippen LogP contribution in [0.25, 0.3) is 0 Å². The average molecular weight is 401 g/mol. The molecule has 0 N–H and O–H groups in total. The van der Waals surface area contributed by atoms with E-state index in [1.165, 1.54) is 51.4 Å². The van der Waals surface area contributed by atoms with Gasteiger partial charge in [0.2, 0.25) is 5.91 Å². The Labute approximate surface area is 179 Å². The molecular weight excluding hydrogens is 356 g/mol. The lowest BCUT2D eigenvalue weighted by Gasteiger charge is -2.59. The Bertz CT molecular complexity index is 684. The third-order valence-corrected chi connectivity index (χ3v) is 10.6. The van der Waals surface area contributed by atoms with Gasteiger partial charge in [0.15, 0.2) is 0 Å². The van der Waals surface area contributed by atoms with Gasteiger partial charge in [-0.05, 0) is 107 Å². The number of hydrogen-bond acceptors (Lipinski definition) is 2. The molecule has 0 saturated heterocycles. The number of hydrogen-bond donors (Lipinski definition) is 0. The van der Waals surface area contributed by atoms with Gasteiger partial charge in [-0.3, -0.25) is 4.79 Å². The van der Waals surface area contributed by atoms with Crippen LogP contribution in [0, 0.1) is 34.5 Å². The molecule has 4 rings (SSSR count). The molecule has 3 heteroatoms. The minimum atomic E-state index is 0.216. The second-order valence-electron chi connectivity index (χ2n) is 11.7. The molecule has 29 heavy (non-hydrogen) atoms. The first-order chi connectivity index (χ1) is 13.6. The summed E-state index contributed by atoms with van der Waals surface area (Å²) in [5.74, 6) is 3.45. The Morgan fingerprint density at radius 2 is 1.79 bits per heavy atom. The molecule has 0 bridgehead atoms.